The van der Waals surface area contributed by atoms with E-state index in [0.717, 1.165) is 34.4 Å². The van der Waals surface area contributed by atoms with Crippen LogP contribution in [0.25, 0.3) is 5.57 Å². The zero-order chi connectivity index (χ0) is 22.8. The van der Waals surface area contributed by atoms with Crippen molar-refractivity contribution in [1.29, 1.82) is 0 Å². The van der Waals surface area contributed by atoms with E-state index in [9.17, 15) is 4.79 Å². The molecule has 0 radical (unpaired) electrons. The van der Waals surface area contributed by atoms with E-state index in [4.69, 9.17) is 21.3 Å². The van der Waals surface area contributed by atoms with Crippen LogP contribution in [0.15, 0.2) is 36.4 Å². The lowest BCUT2D eigenvalue weighted by molar-refractivity contribution is -0.119. The number of aromatic amines is 1. The summed E-state index contributed by atoms with van der Waals surface area (Å²) in [5.74, 6) is 1.93. The van der Waals surface area contributed by atoms with Crippen molar-refractivity contribution in [2.75, 3.05) is 7.11 Å². The van der Waals surface area contributed by atoms with Crippen LogP contribution in [0.1, 0.15) is 59.8 Å². The molecule has 1 atom stereocenters. The van der Waals surface area contributed by atoms with Gasteiger partial charge in [0.2, 0.25) is 11.8 Å². The highest BCUT2D eigenvalue weighted by Gasteiger charge is 2.28. The number of aryl methyl sites for hydroxylation is 2. The number of hydrogen-bond acceptors (Lipinski definition) is 6. The minimum absolute atomic E-state index is 0.0416. The quantitative estimate of drug-likeness (QED) is 0.527. The minimum atomic E-state index is -0.0416. The predicted molar refractivity (Wildman–Crippen MR) is 124 cm³/mol. The van der Waals surface area contributed by atoms with Crippen LogP contribution < -0.4 is 10.1 Å². The van der Waals surface area contributed by atoms with E-state index in [1.54, 1.807) is 7.11 Å². The topological polar surface area (TPSA) is 106 Å². The van der Waals surface area contributed by atoms with Crippen molar-refractivity contribution in [1.82, 2.24) is 30.9 Å². The number of ether oxygens (including phenoxy) is 1. The Hall–Kier alpha value is -3.26. The first kappa shape index (κ1) is 21.6. The van der Waals surface area contributed by atoms with Gasteiger partial charge in [-0.05, 0) is 54.9 Å². The summed E-state index contributed by atoms with van der Waals surface area (Å²) in [6.07, 6.45) is 7.07. The number of methoxy groups -OCH3 is 1. The molecule has 3 heterocycles. The third kappa shape index (κ3) is 4.90. The number of aromatic nitrogens is 5. The van der Waals surface area contributed by atoms with E-state index in [1.807, 2.05) is 24.3 Å². The zero-order valence-electron chi connectivity index (χ0n) is 18.3. The number of nitrogens with zero attached hydrogens (tertiary/aromatic N) is 4. The van der Waals surface area contributed by atoms with Crippen LogP contribution in [0, 0.1) is 0 Å². The largest absolute Gasteiger partial charge is 0.481 e. The molecule has 3 aromatic rings. The van der Waals surface area contributed by atoms with E-state index >= 15 is 0 Å². The lowest BCUT2D eigenvalue weighted by Crippen LogP contribution is -2.23. The predicted octanol–water partition coefficient (Wildman–Crippen LogP) is 3.63. The summed E-state index contributed by atoms with van der Waals surface area (Å²) < 4.78 is 5.62. The maximum Gasteiger partial charge on any atom is 0.220 e. The van der Waals surface area contributed by atoms with Crippen LogP contribution >= 0.6 is 11.6 Å². The van der Waals surface area contributed by atoms with E-state index in [1.165, 1.54) is 12.8 Å². The fourth-order valence-electron chi connectivity index (χ4n) is 4.22. The highest BCUT2D eigenvalue weighted by Crippen LogP contribution is 2.44. The minimum Gasteiger partial charge on any atom is -0.481 e. The van der Waals surface area contributed by atoms with Gasteiger partial charge < -0.3 is 10.1 Å². The molecule has 170 valence electrons. The van der Waals surface area contributed by atoms with Crippen molar-refractivity contribution in [2.24, 2.45) is 0 Å². The molecule has 1 aliphatic heterocycles. The molecule has 1 aromatic carbocycles. The average molecular weight is 465 g/mol. The molecule has 8 nitrogen and oxygen atoms in total. The first-order chi connectivity index (χ1) is 16.1. The number of carbonyl (C=O) groups is 1. The number of pyridine rings is 1. The molecule has 2 aromatic heterocycles. The number of tetrazole rings is 1. The summed E-state index contributed by atoms with van der Waals surface area (Å²) >= 11 is 6.67. The van der Waals surface area contributed by atoms with Gasteiger partial charge in [-0.1, -0.05) is 41.1 Å². The van der Waals surface area contributed by atoms with Gasteiger partial charge in [0.25, 0.3) is 0 Å². The molecule has 1 amide bonds. The van der Waals surface area contributed by atoms with Crippen molar-refractivity contribution >= 4 is 23.1 Å². The average Bonchev–Trinajstić information content (AvgIpc) is 3.37. The number of nitrogens with one attached hydrogen (secondary N) is 2. The van der Waals surface area contributed by atoms with Gasteiger partial charge >= 0.3 is 0 Å². The molecular formula is C24H25ClN6O2. The Morgan fingerprint density at radius 2 is 2.09 bits per heavy atom. The Morgan fingerprint density at radius 3 is 2.76 bits per heavy atom. The molecule has 0 bridgehead atoms. The van der Waals surface area contributed by atoms with Crippen molar-refractivity contribution in [2.45, 2.75) is 50.5 Å². The number of amides is 1. The maximum atomic E-state index is 11.8. The summed E-state index contributed by atoms with van der Waals surface area (Å²) in [5, 5.41) is 17.7. The first-order valence-corrected chi connectivity index (χ1v) is 11.6. The van der Waals surface area contributed by atoms with Crippen LogP contribution in [0.4, 0.5) is 0 Å². The second-order valence-electron chi connectivity index (χ2n) is 8.50. The van der Waals surface area contributed by atoms with Crippen molar-refractivity contribution < 1.29 is 9.53 Å². The fraction of sp³-hybridized carbons (Fsp3) is 0.375. The molecule has 2 fully saturated rings. The molecule has 0 unspecified atom stereocenters. The molecule has 0 spiro atoms. The molecule has 5 rings (SSSR count). The zero-order valence-corrected chi connectivity index (χ0v) is 19.1. The van der Waals surface area contributed by atoms with Gasteiger partial charge in [-0.3, -0.25) is 4.79 Å². The lowest BCUT2D eigenvalue weighted by atomic mass is 9.96. The fourth-order valence-corrected chi connectivity index (χ4v) is 4.49. The van der Waals surface area contributed by atoms with Crippen molar-refractivity contribution in [3.8, 4) is 5.88 Å². The summed E-state index contributed by atoms with van der Waals surface area (Å²) in [4.78, 5) is 16.6. The Morgan fingerprint density at radius 1 is 1.21 bits per heavy atom. The number of hydrogen-bond donors (Lipinski definition) is 2. The molecule has 1 saturated carbocycles. The van der Waals surface area contributed by atoms with Crippen LogP contribution in [0.2, 0.25) is 5.02 Å². The van der Waals surface area contributed by atoms with Gasteiger partial charge in [-0.25, -0.2) is 4.98 Å². The number of carbonyl (C=O) groups excluding carboxylic acids is 1. The van der Waals surface area contributed by atoms with Crippen LogP contribution in [0.3, 0.4) is 0 Å². The Balaban J connectivity index is 1.47. The number of halogens is 1. The van der Waals surface area contributed by atoms with Gasteiger partial charge in [0.1, 0.15) is 0 Å². The van der Waals surface area contributed by atoms with E-state index in [-0.39, 0.29) is 11.9 Å². The number of rotatable bonds is 8. The van der Waals surface area contributed by atoms with Gasteiger partial charge in [-0.15, -0.1) is 10.2 Å². The van der Waals surface area contributed by atoms with Gasteiger partial charge in [-0.2, -0.15) is 5.21 Å². The van der Waals surface area contributed by atoms with E-state index in [2.05, 4.69) is 38.1 Å². The monoisotopic (exact) mass is 464 g/mol. The normalized spacial score (nSPS) is 18.4. The van der Waals surface area contributed by atoms with E-state index < -0.39 is 0 Å². The molecule has 1 saturated heterocycles. The highest BCUT2D eigenvalue weighted by atomic mass is 35.5. The van der Waals surface area contributed by atoms with Gasteiger partial charge in [0, 0.05) is 35.0 Å². The smallest absolute Gasteiger partial charge is 0.220 e. The highest BCUT2D eigenvalue weighted by molar-refractivity contribution is 6.31. The third-order valence-electron chi connectivity index (χ3n) is 6.14. The number of benzene rings is 1. The Bertz CT molecular complexity index is 1190. The third-order valence-corrected chi connectivity index (χ3v) is 6.50. The molecule has 33 heavy (non-hydrogen) atoms. The Kier molecular flexibility index (Phi) is 6.09. The second kappa shape index (κ2) is 9.31. The van der Waals surface area contributed by atoms with Gasteiger partial charge in [0.15, 0.2) is 5.82 Å². The molecule has 2 aliphatic rings. The maximum absolute atomic E-state index is 11.8. The molecular weight excluding hydrogens is 440 g/mol. The Labute approximate surface area is 196 Å². The van der Waals surface area contributed by atoms with E-state index in [0.29, 0.717) is 41.9 Å². The standard InChI is InChI=1S/C24H25ClN6O2/c1-33-24-18(14-2-3-14)8-9-21(27-24)19(13-17-7-11-23(32)26-17)16-5-4-15(20(25)12-16)6-10-22-28-30-31-29-22/h4-5,8-9,12-14,17H,2-3,6-7,10-11H2,1H3,(H,26,32)(H,28,29,30,31)/b19-13+/t17-/m1/s1. The summed E-state index contributed by atoms with van der Waals surface area (Å²) in [6, 6.07) is 10.1. The van der Waals surface area contributed by atoms with Crippen LogP contribution in [-0.4, -0.2) is 44.7 Å². The molecule has 2 N–H and O–H groups in total. The van der Waals surface area contributed by atoms with Crippen molar-refractivity contribution in [3.05, 3.63) is 69.6 Å². The first-order valence-electron chi connectivity index (χ1n) is 11.2. The van der Waals surface area contributed by atoms with Gasteiger partial charge in [0.05, 0.1) is 12.8 Å². The van der Waals surface area contributed by atoms with Crippen LogP contribution in [0.5, 0.6) is 5.88 Å². The second-order valence-corrected chi connectivity index (χ2v) is 8.90. The SMILES string of the molecule is COc1nc(/C(=C/[C@H]2CCC(=O)N2)c2ccc(CCc3nn[nH]n3)c(Cl)c2)ccc1C1CC1. The lowest BCUT2D eigenvalue weighted by Gasteiger charge is -2.15. The summed E-state index contributed by atoms with van der Waals surface area (Å²) in [6.45, 7) is 0. The number of H-pyrrole nitrogens is 1. The summed E-state index contributed by atoms with van der Waals surface area (Å²) in [7, 11) is 1.66. The summed E-state index contributed by atoms with van der Waals surface area (Å²) in [5.41, 5.74) is 4.83. The molecule has 1 aliphatic carbocycles. The van der Waals surface area contributed by atoms with Crippen molar-refractivity contribution in [3.63, 3.8) is 0 Å². The van der Waals surface area contributed by atoms with Crippen LogP contribution in [-0.2, 0) is 17.6 Å². The molecule has 9 heteroatoms.